The Kier molecular flexibility index (Phi) is 5.43. The fraction of sp³-hybridized carbons (Fsp3) is 0.636. The predicted molar refractivity (Wildman–Crippen MR) is 115 cm³/mol. The highest BCUT2D eigenvalue weighted by atomic mass is 15.3. The second-order valence-electron chi connectivity index (χ2n) is 8.54. The van der Waals surface area contributed by atoms with Crippen LogP contribution in [0.4, 0.5) is 11.8 Å². The van der Waals surface area contributed by atoms with Gasteiger partial charge in [0.15, 0.2) is 0 Å². The lowest BCUT2D eigenvalue weighted by molar-refractivity contribution is 0.409. The van der Waals surface area contributed by atoms with E-state index in [0.29, 0.717) is 23.3 Å². The molecule has 0 bridgehead atoms. The van der Waals surface area contributed by atoms with Gasteiger partial charge in [0.2, 0.25) is 5.95 Å². The van der Waals surface area contributed by atoms with Crippen molar-refractivity contribution in [3.8, 4) is 0 Å². The molecule has 0 aromatic carbocycles. The zero-order valence-electron chi connectivity index (χ0n) is 17.4. The average Bonchev–Trinajstić information content (AvgIpc) is 3.29. The van der Waals surface area contributed by atoms with Crippen molar-refractivity contribution in [3.05, 3.63) is 35.7 Å². The summed E-state index contributed by atoms with van der Waals surface area (Å²) in [5, 5.41) is 7.07. The minimum absolute atomic E-state index is 0.355. The maximum Gasteiger partial charge on any atom is 0.222 e. The molecule has 6 nitrogen and oxygen atoms in total. The topological polar surface area (TPSA) is 79.1 Å². The van der Waals surface area contributed by atoms with Crippen molar-refractivity contribution in [2.75, 3.05) is 30.8 Å². The van der Waals surface area contributed by atoms with E-state index in [0.717, 1.165) is 43.5 Å². The lowest BCUT2D eigenvalue weighted by Gasteiger charge is -2.23. The number of nitrogens with two attached hydrogens (primary N) is 1. The molecular weight excluding hydrogens is 348 g/mol. The highest BCUT2D eigenvalue weighted by Gasteiger charge is 2.50. The first-order valence-corrected chi connectivity index (χ1v) is 10.8. The third-order valence-corrected chi connectivity index (χ3v) is 7.24. The fourth-order valence-corrected chi connectivity index (χ4v) is 5.19. The van der Waals surface area contributed by atoms with Crippen molar-refractivity contribution >= 4 is 11.8 Å². The summed E-state index contributed by atoms with van der Waals surface area (Å²) in [6.07, 6.45) is 11.6. The Labute approximate surface area is 168 Å². The molecule has 1 saturated carbocycles. The molecule has 1 aliphatic heterocycles. The van der Waals surface area contributed by atoms with E-state index in [1.165, 1.54) is 25.0 Å². The van der Waals surface area contributed by atoms with Gasteiger partial charge in [-0.3, -0.25) is 0 Å². The minimum atomic E-state index is 0.355. The highest BCUT2D eigenvalue weighted by Crippen LogP contribution is 2.57. The maximum absolute atomic E-state index is 6.07. The van der Waals surface area contributed by atoms with E-state index in [1.807, 2.05) is 7.05 Å². The van der Waals surface area contributed by atoms with Gasteiger partial charge in [-0.2, -0.15) is 4.98 Å². The average molecular weight is 383 g/mol. The molecule has 3 unspecified atom stereocenters. The van der Waals surface area contributed by atoms with Crippen LogP contribution in [0.3, 0.4) is 0 Å². The number of likely N-dealkylation sites (N-methyl/N-ethyl adjacent to an activating group) is 1. The fourth-order valence-electron chi connectivity index (χ4n) is 5.19. The molecule has 28 heavy (non-hydrogen) atoms. The largest absolute Gasteiger partial charge is 0.368 e. The lowest BCUT2D eigenvalue weighted by atomic mass is 9.93. The Morgan fingerprint density at radius 3 is 2.82 bits per heavy atom. The van der Waals surface area contributed by atoms with Crippen molar-refractivity contribution in [1.29, 1.82) is 0 Å². The van der Waals surface area contributed by atoms with Crippen molar-refractivity contribution in [2.24, 2.45) is 17.3 Å². The van der Waals surface area contributed by atoms with E-state index in [-0.39, 0.29) is 0 Å². The normalized spacial score (nSPS) is 27.6. The lowest BCUT2D eigenvalue weighted by Crippen LogP contribution is -2.33. The number of hydrogen-bond acceptors (Lipinski definition) is 6. The van der Waals surface area contributed by atoms with E-state index in [2.05, 4.69) is 63.6 Å². The highest BCUT2D eigenvalue weighted by molar-refractivity contribution is 5.54. The number of aromatic nitrogens is 2. The molecule has 3 aliphatic rings. The number of nitrogens with zero attached hydrogens (tertiary/aromatic N) is 3. The quantitative estimate of drug-likeness (QED) is 0.642. The number of nitrogens with one attached hydrogen (secondary N) is 2. The second-order valence-corrected chi connectivity index (χ2v) is 8.54. The van der Waals surface area contributed by atoms with Gasteiger partial charge in [-0.1, -0.05) is 38.8 Å². The number of rotatable bonds is 8. The van der Waals surface area contributed by atoms with Crippen LogP contribution in [-0.2, 0) is 6.54 Å². The number of allylic oxidation sites excluding steroid dienone is 3. The second kappa shape index (κ2) is 7.84. The first-order chi connectivity index (χ1) is 13.6. The summed E-state index contributed by atoms with van der Waals surface area (Å²) in [5.41, 5.74) is 8.94. The molecule has 0 amide bonds. The van der Waals surface area contributed by atoms with Crippen LogP contribution in [0.5, 0.6) is 0 Å². The van der Waals surface area contributed by atoms with Crippen LogP contribution in [-0.4, -0.2) is 36.1 Å². The Morgan fingerprint density at radius 1 is 1.29 bits per heavy atom. The van der Waals surface area contributed by atoms with E-state index in [9.17, 15) is 0 Å². The van der Waals surface area contributed by atoms with Gasteiger partial charge in [0, 0.05) is 36.8 Å². The van der Waals surface area contributed by atoms with Gasteiger partial charge in [-0.15, -0.1) is 0 Å². The van der Waals surface area contributed by atoms with Crippen LogP contribution in [0.15, 0.2) is 30.0 Å². The number of fused-ring (bicyclic) bond motifs is 1. The summed E-state index contributed by atoms with van der Waals surface area (Å²) < 4.78 is 0. The van der Waals surface area contributed by atoms with Gasteiger partial charge < -0.3 is 21.3 Å². The SMILES string of the molecule is CCC1(CC)CC1CNCc1cc(N2CC(NC)C3CC=CC=C32)nc(N)n1. The summed E-state index contributed by atoms with van der Waals surface area (Å²) in [5.74, 6) is 2.57. The monoisotopic (exact) mass is 382 g/mol. The standard InChI is InChI=1S/C22H34N6/c1-4-22(5-2)11-15(22)12-25-13-16-10-20(27-21(23)26-16)28-14-18(24-3)17-8-6-7-9-19(17)28/h6-7,9-10,15,17-18,24-25H,4-5,8,11-14H2,1-3H3,(H2,23,26,27). The molecular formula is C22H34N6. The van der Waals surface area contributed by atoms with Gasteiger partial charge in [0.25, 0.3) is 0 Å². The van der Waals surface area contributed by atoms with E-state index in [4.69, 9.17) is 5.73 Å². The molecule has 1 aromatic heterocycles. The van der Waals surface area contributed by atoms with E-state index in [1.54, 1.807) is 0 Å². The van der Waals surface area contributed by atoms with Crippen molar-refractivity contribution in [1.82, 2.24) is 20.6 Å². The zero-order chi connectivity index (χ0) is 19.7. The van der Waals surface area contributed by atoms with Gasteiger partial charge >= 0.3 is 0 Å². The van der Waals surface area contributed by atoms with Gasteiger partial charge in [-0.05, 0) is 43.8 Å². The van der Waals surface area contributed by atoms with Crippen LogP contribution < -0.4 is 21.3 Å². The Morgan fingerprint density at radius 2 is 2.11 bits per heavy atom. The number of hydrogen-bond donors (Lipinski definition) is 3. The molecule has 4 rings (SSSR count). The first-order valence-electron chi connectivity index (χ1n) is 10.8. The van der Waals surface area contributed by atoms with Gasteiger partial charge in [-0.25, -0.2) is 4.98 Å². The van der Waals surface area contributed by atoms with Gasteiger partial charge in [0.05, 0.1) is 5.69 Å². The van der Waals surface area contributed by atoms with E-state index < -0.39 is 0 Å². The Balaban J connectivity index is 1.44. The molecule has 2 heterocycles. The molecule has 1 aromatic rings. The van der Waals surface area contributed by atoms with Crippen LogP contribution in [0, 0.1) is 17.3 Å². The molecule has 0 radical (unpaired) electrons. The molecule has 1 saturated heterocycles. The van der Waals surface area contributed by atoms with Crippen LogP contribution in [0.2, 0.25) is 0 Å². The molecule has 0 spiro atoms. The predicted octanol–water partition coefficient (Wildman–Crippen LogP) is 2.84. The summed E-state index contributed by atoms with van der Waals surface area (Å²) in [6.45, 7) is 7.35. The first kappa shape index (κ1) is 19.4. The Hall–Kier alpha value is -1.92. The van der Waals surface area contributed by atoms with Crippen LogP contribution in [0.25, 0.3) is 0 Å². The molecule has 2 aliphatic carbocycles. The van der Waals surface area contributed by atoms with Gasteiger partial charge in [0.1, 0.15) is 5.82 Å². The third-order valence-electron chi connectivity index (χ3n) is 7.24. The van der Waals surface area contributed by atoms with E-state index >= 15 is 0 Å². The smallest absolute Gasteiger partial charge is 0.222 e. The number of nitrogen functional groups attached to an aromatic ring is 1. The van der Waals surface area contributed by atoms with Crippen LogP contribution in [0.1, 0.15) is 45.2 Å². The van der Waals surface area contributed by atoms with Crippen molar-refractivity contribution < 1.29 is 0 Å². The molecule has 152 valence electrons. The summed E-state index contributed by atoms with van der Waals surface area (Å²) in [7, 11) is 2.04. The summed E-state index contributed by atoms with van der Waals surface area (Å²) in [6, 6.07) is 2.53. The minimum Gasteiger partial charge on any atom is -0.368 e. The van der Waals surface area contributed by atoms with Crippen LogP contribution >= 0.6 is 0 Å². The molecule has 3 atom stereocenters. The third kappa shape index (κ3) is 3.55. The maximum atomic E-state index is 6.07. The summed E-state index contributed by atoms with van der Waals surface area (Å²) in [4.78, 5) is 11.3. The summed E-state index contributed by atoms with van der Waals surface area (Å²) >= 11 is 0. The number of anilines is 2. The van der Waals surface area contributed by atoms with Crippen molar-refractivity contribution in [2.45, 2.75) is 52.1 Å². The molecule has 2 fully saturated rings. The zero-order valence-corrected chi connectivity index (χ0v) is 17.4. The molecule has 6 heteroatoms. The van der Waals surface area contributed by atoms with Crippen molar-refractivity contribution in [3.63, 3.8) is 0 Å². The Bertz CT molecular complexity index is 766. The molecule has 4 N–H and O–H groups in total.